The van der Waals surface area contributed by atoms with Gasteiger partial charge in [0.1, 0.15) is 10.3 Å². The predicted molar refractivity (Wildman–Crippen MR) is 66.8 cm³/mol. The quantitative estimate of drug-likeness (QED) is 0.835. The molecule has 2 aromatic rings. The number of aromatic nitrogens is 2. The number of benzene rings is 1. The molecule has 82 valence electrons. The lowest BCUT2D eigenvalue weighted by atomic mass is 10.3. The van der Waals surface area contributed by atoms with E-state index in [1.54, 1.807) is 12.1 Å². The summed E-state index contributed by atoms with van der Waals surface area (Å²) in [5.74, 6) is 0.333. The zero-order valence-corrected chi connectivity index (χ0v) is 10.2. The SMILES string of the molecule is Clc1cccc(Nc2nc(Cl)cc(Cl)n2)c1. The van der Waals surface area contributed by atoms with Gasteiger partial charge in [-0.15, -0.1) is 0 Å². The van der Waals surface area contributed by atoms with Crippen molar-refractivity contribution in [3.63, 3.8) is 0 Å². The first-order chi connectivity index (χ1) is 7.63. The lowest BCUT2D eigenvalue weighted by Crippen LogP contribution is -1.97. The lowest BCUT2D eigenvalue weighted by Gasteiger charge is -2.05. The molecule has 6 heteroatoms. The molecule has 0 atom stereocenters. The van der Waals surface area contributed by atoms with Gasteiger partial charge in [0.15, 0.2) is 0 Å². The van der Waals surface area contributed by atoms with E-state index in [1.165, 1.54) is 6.07 Å². The second-order valence-electron chi connectivity index (χ2n) is 2.97. The fourth-order valence-corrected chi connectivity index (χ4v) is 1.75. The fraction of sp³-hybridized carbons (Fsp3) is 0. The van der Waals surface area contributed by atoms with Crippen LogP contribution in [0.2, 0.25) is 15.3 Å². The van der Waals surface area contributed by atoms with Crippen molar-refractivity contribution in [1.29, 1.82) is 0 Å². The molecule has 2 rings (SSSR count). The third-order valence-corrected chi connectivity index (χ3v) is 2.37. The van der Waals surface area contributed by atoms with Crippen LogP contribution >= 0.6 is 34.8 Å². The molecule has 0 unspecified atom stereocenters. The van der Waals surface area contributed by atoms with Gasteiger partial charge in [-0.25, -0.2) is 9.97 Å². The van der Waals surface area contributed by atoms with Crippen LogP contribution in [0.25, 0.3) is 0 Å². The van der Waals surface area contributed by atoms with E-state index in [-0.39, 0.29) is 10.3 Å². The van der Waals surface area contributed by atoms with E-state index in [4.69, 9.17) is 34.8 Å². The van der Waals surface area contributed by atoms with Gasteiger partial charge in [-0.05, 0) is 18.2 Å². The van der Waals surface area contributed by atoms with Gasteiger partial charge in [-0.3, -0.25) is 0 Å². The van der Waals surface area contributed by atoms with Crippen molar-refractivity contribution in [2.45, 2.75) is 0 Å². The minimum absolute atomic E-state index is 0.282. The van der Waals surface area contributed by atoms with Gasteiger partial charge in [-0.1, -0.05) is 40.9 Å². The molecule has 0 saturated carbocycles. The highest BCUT2D eigenvalue weighted by molar-refractivity contribution is 6.33. The van der Waals surface area contributed by atoms with Crippen LogP contribution in [0.3, 0.4) is 0 Å². The molecule has 1 aromatic heterocycles. The smallest absolute Gasteiger partial charge is 0.230 e. The van der Waals surface area contributed by atoms with Crippen LogP contribution < -0.4 is 5.32 Å². The van der Waals surface area contributed by atoms with Crippen molar-refractivity contribution < 1.29 is 0 Å². The molecule has 0 spiro atoms. The van der Waals surface area contributed by atoms with Crippen LogP contribution in [0, 0.1) is 0 Å². The van der Waals surface area contributed by atoms with Gasteiger partial charge in [0.2, 0.25) is 5.95 Å². The first-order valence-electron chi connectivity index (χ1n) is 4.36. The molecule has 0 aliphatic rings. The Hall–Kier alpha value is -1.03. The van der Waals surface area contributed by atoms with Crippen molar-refractivity contribution in [2.24, 2.45) is 0 Å². The zero-order chi connectivity index (χ0) is 11.5. The molecule has 0 bridgehead atoms. The second kappa shape index (κ2) is 4.87. The first kappa shape index (κ1) is 11.5. The van der Waals surface area contributed by atoms with Crippen molar-refractivity contribution in [3.8, 4) is 0 Å². The van der Waals surface area contributed by atoms with E-state index in [1.807, 2.05) is 12.1 Å². The summed E-state index contributed by atoms with van der Waals surface area (Å²) >= 11 is 17.3. The number of nitrogens with one attached hydrogen (secondary N) is 1. The van der Waals surface area contributed by atoms with Gasteiger partial charge < -0.3 is 5.32 Å². The molecule has 0 saturated heterocycles. The molecule has 0 radical (unpaired) electrons. The topological polar surface area (TPSA) is 37.8 Å². The minimum Gasteiger partial charge on any atom is -0.324 e. The lowest BCUT2D eigenvalue weighted by molar-refractivity contribution is 1.17. The van der Waals surface area contributed by atoms with Crippen LogP contribution in [-0.4, -0.2) is 9.97 Å². The third-order valence-electron chi connectivity index (χ3n) is 1.74. The minimum atomic E-state index is 0.282. The molecule has 3 nitrogen and oxygen atoms in total. The van der Waals surface area contributed by atoms with Gasteiger partial charge in [0.25, 0.3) is 0 Å². The average Bonchev–Trinajstić information content (AvgIpc) is 2.15. The largest absolute Gasteiger partial charge is 0.324 e. The Labute approximate surface area is 107 Å². The highest BCUT2D eigenvalue weighted by Gasteiger charge is 2.02. The van der Waals surface area contributed by atoms with Crippen molar-refractivity contribution in [2.75, 3.05) is 5.32 Å². The van der Waals surface area contributed by atoms with Crippen molar-refractivity contribution in [3.05, 3.63) is 45.7 Å². The highest BCUT2D eigenvalue weighted by atomic mass is 35.5. The summed E-state index contributed by atoms with van der Waals surface area (Å²) in [6.07, 6.45) is 0. The Kier molecular flexibility index (Phi) is 3.49. The Balaban J connectivity index is 2.27. The van der Waals surface area contributed by atoms with Crippen LogP contribution in [0.15, 0.2) is 30.3 Å². The molecule has 0 aliphatic carbocycles. The molecular formula is C10H6Cl3N3. The number of anilines is 2. The number of rotatable bonds is 2. The van der Waals surface area contributed by atoms with Gasteiger partial charge in [0.05, 0.1) is 0 Å². The van der Waals surface area contributed by atoms with Gasteiger partial charge in [0, 0.05) is 16.8 Å². The number of hydrogen-bond donors (Lipinski definition) is 1. The molecule has 0 fully saturated rings. The van der Waals surface area contributed by atoms with E-state index < -0.39 is 0 Å². The van der Waals surface area contributed by atoms with E-state index >= 15 is 0 Å². The van der Waals surface area contributed by atoms with Crippen LogP contribution in [0.4, 0.5) is 11.6 Å². The summed E-state index contributed by atoms with van der Waals surface area (Å²) in [5.41, 5.74) is 0.769. The van der Waals surface area contributed by atoms with Gasteiger partial charge in [-0.2, -0.15) is 0 Å². The van der Waals surface area contributed by atoms with Crippen LogP contribution in [0.1, 0.15) is 0 Å². The monoisotopic (exact) mass is 273 g/mol. The predicted octanol–water partition coefficient (Wildman–Crippen LogP) is 4.18. The maximum Gasteiger partial charge on any atom is 0.230 e. The second-order valence-corrected chi connectivity index (χ2v) is 4.18. The van der Waals surface area contributed by atoms with Crippen LogP contribution in [-0.2, 0) is 0 Å². The fourth-order valence-electron chi connectivity index (χ4n) is 1.14. The van der Waals surface area contributed by atoms with E-state index in [0.29, 0.717) is 11.0 Å². The number of halogens is 3. The Morgan fingerprint density at radius 2 is 1.62 bits per heavy atom. The molecular weight excluding hydrogens is 268 g/mol. The van der Waals surface area contributed by atoms with Crippen molar-refractivity contribution >= 4 is 46.4 Å². The summed E-state index contributed by atoms with van der Waals surface area (Å²) in [7, 11) is 0. The van der Waals surface area contributed by atoms with E-state index in [2.05, 4.69) is 15.3 Å². The third kappa shape index (κ3) is 2.98. The standard InChI is InChI=1S/C10H6Cl3N3/c11-6-2-1-3-7(4-6)14-10-15-8(12)5-9(13)16-10/h1-5H,(H,14,15,16). The zero-order valence-electron chi connectivity index (χ0n) is 7.92. The van der Waals surface area contributed by atoms with Crippen LogP contribution in [0.5, 0.6) is 0 Å². The summed E-state index contributed by atoms with van der Waals surface area (Å²) in [6.45, 7) is 0. The number of hydrogen-bond acceptors (Lipinski definition) is 3. The summed E-state index contributed by atoms with van der Waals surface area (Å²) < 4.78 is 0. The molecule has 1 heterocycles. The van der Waals surface area contributed by atoms with E-state index in [9.17, 15) is 0 Å². The highest BCUT2D eigenvalue weighted by Crippen LogP contribution is 2.20. The molecule has 0 amide bonds. The maximum absolute atomic E-state index is 5.84. The summed E-state index contributed by atoms with van der Waals surface area (Å²) in [5, 5.41) is 4.14. The Bertz CT molecular complexity index is 496. The Morgan fingerprint density at radius 1 is 0.938 bits per heavy atom. The summed E-state index contributed by atoms with van der Waals surface area (Å²) in [4.78, 5) is 7.95. The Morgan fingerprint density at radius 3 is 2.25 bits per heavy atom. The summed E-state index contributed by atoms with van der Waals surface area (Å²) in [6, 6.07) is 8.64. The van der Waals surface area contributed by atoms with Crippen molar-refractivity contribution in [1.82, 2.24) is 9.97 Å². The molecule has 1 N–H and O–H groups in total. The normalized spacial score (nSPS) is 10.2. The maximum atomic E-state index is 5.84. The number of nitrogens with zero attached hydrogens (tertiary/aromatic N) is 2. The molecule has 1 aromatic carbocycles. The average molecular weight is 275 g/mol. The first-order valence-corrected chi connectivity index (χ1v) is 5.49. The van der Waals surface area contributed by atoms with E-state index in [0.717, 1.165) is 5.69 Å². The van der Waals surface area contributed by atoms with Gasteiger partial charge >= 0.3 is 0 Å². The molecule has 0 aliphatic heterocycles. The molecule has 16 heavy (non-hydrogen) atoms.